The number of nitrogens with zero attached hydrogens (tertiary/aromatic N) is 5. The number of carbonyl (C=O) groups is 1. The summed E-state index contributed by atoms with van der Waals surface area (Å²) in [7, 11) is 0. The van der Waals surface area contributed by atoms with Crippen molar-refractivity contribution in [3.8, 4) is 11.5 Å². The zero-order valence-electron chi connectivity index (χ0n) is 19.8. The Morgan fingerprint density at radius 3 is 2.56 bits per heavy atom. The van der Waals surface area contributed by atoms with Crippen molar-refractivity contribution < 1.29 is 13.6 Å². The predicted octanol–water partition coefficient (Wildman–Crippen LogP) is 4.78. The summed E-state index contributed by atoms with van der Waals surface area (Å²) < 4.78 is 28.8. The van der Waals surface area contributed by atoms with E-state index in [1.165, 1.54) is 6.07 Å². The summed E-state index contributed by atoms with van der Waals surface area (Å²) in [6.07, 6.45) is 5.11. The van der Waals surface area contributed by atoms with Gasteiger partial charge in [0.2, 0.25) is 5.91 Å². The first-order chi connectivity index (χ1) is 16.2. The number of anilines is 1. The molecule has 4 rings (SSSR count). The molecule has 0 atom stereocenters. The van der Waals surface area contributed by atoms with E-state index >= 15 is 0 Å². The van der Waals surface area contributed by atoms with Gasteiger partial charge in [-0.3, -0.25) is 9.78 Å². The molecule has 9 heteroatoms. The van der Waals surface area contributed by atoms with Crippen LogP contribution in [0.25, 0.3) is 11.5 Å². The first-order valence-electron chi connectivity index (χ1n) is 11.6. The zero-order chi connectivity index (χ0) is 24.3. The Morgan fingerprint density at radius 2 is 1.85 bits per heavy atom. The van der Waals surface area contributed by atoms with Crippen molar-refractivity contribution in [1.29, 1.82) is 0 Å². The molecule has 180 valence electrons. The lowest BCUT2D eigenvalue weighted by Gasteiger charge is -2.21. The van der Waals surface area contributed by atoms with Gasteiger partial charge in [-0.05, 0) is 63.4 Å². The number of aromatic nitrogens is 4. The van der Waals surface area contributed by atoms with Crippen molar-refractivity contribution in [1.82, 2.24) is 24.6 Å². The number of pyridine rings is 1. The average molecular weight is 469 g/mol. The average Bonchev–Trinajstić information content (AvgIpc) is 3.04. The first-order valence-corrected chi connectivity index (χ1v) is 11.6. The SMILES string of the molecule is CC(C)(C)Nc1ccc(-c2nc(CN3CCCCCC3=O)n(Cc3ccc(F)c(F)c3)n2)nc1. The van der Waals surface area contributed by atoms with E-state index in [1.54, 1.807) is 15.8 Å². The summed E-state index contributed by atoms with van der Waals surface area (Å²) in [4.78, 5) is 23.5. The Morgan fingerprint density at radius 1 is 1.03 bits per heavy atom. The Kier molecular flexibility index (Phi) is 6.90. The van der Waals surface area contributed by atoms with Gasteiger partial charge in [-0.15, -0.1) is 5.10 Å². The molecular weight excluding hydrogens is 438 g/mol. The molecule has 1 aliphatic rings. The molecule has 0 radical (unpaired) electrons. The molecule has 1 N–H and O–H groups in total. The second-order valence-corrected chi connectivity index (χ2v) is 9.69. The molecule has 1 fully saturated rings. The third-order valence-corrected chi connectivity index (χ3v) is 5.58. The Hall–Kier alpha value is -3.36. The normalized spacial score (nSPS) is 14.9. The highest BCUT2D eigenvalue weighted by Crippen LogP contribution is 2.21. The summed E-state index contributed by atoms with van der Waals surface area (Å²) in [6, 6.07) is 7.53. The topological polar surface area (TPSA) is 75.9 Å². The van der Waals surface area contributed by atoms with Crippen molar-refractivity contribution in [2.75, 3.05) is 11.9 Å². The third-order valence-electron chi connectivity index (χ3n) is 5.58. The number of hydrogen-bond acceptors (Lipinski definition) is 5. The number of carbonyl (C=O) groups excluding carboxylic acids is 1. The molecule has 1 aliphatic heterocycles. The van der Waals surface area contributed by atoms with E-state index in [4.69, 9.17) is 0 Å². The number of benzene rings is 1. The highest BCUT2D eigenvalue weighted by Gasteiger charge is 2.21. The van der Waals surface area contributed by atoms with Gasteiger partial charge in [0.15, 0.2) is 17.5 Å². The lowest BCUT2D eigenvalue weighted by Crippen LogP contribution is -2.31. The van der Waals surface area contributed by atoms with Crippen LogP contribution in [0.5, 0.6) is 0 Å². The molecule has 1 amide bonds. The van der Waals surface area contributed by atoms with Crippen LogP contribution in [0.4, 0.5) is 14.5 Å². The second kappa shape index (κ2) is 9.87. The molecule has 0 spiro atoms. The number of hydrogen-bond donors (Lipinski definition) is 1. The molecule has 0 saturated carbocycles. The van der Waals surface area contributed by atoms with E-state index in [-0.39, 0.29) is 18.0 Å². The maximum absolute atomic E-state index is 13.8. The quantitative estimate of drug-likeness (QED) is 0.564. The minimum Gasteiger partial charge on any atom is -0.379 e. The van der Waals surface area contributed by atoms with Gasteiger partial charge in [-0.25, -0.2) is 18.4 Å². The van der Waals surface area contributed by atoms with Crippen LogP contribution in [0.1, 0.15) is 57.8 Å². The lowest BCUT2D eigenvalue weighted by atomic mass is 10.1. The highest BCUT2D eigenvalue weighted by molar-refractivity contribution is 5.76. The maximum atomic E-state index is 13.8. The van der Waals surface area contributed by atoms with Crippen molar-refractivity contribution >= 4 is 11.6 Å². The first kappa shape index (κ1) is 23.8. The molecule has 1 aromatic carbocycles. The van der Waals surface area contributed by atoms with E-state index in [0.717, 1.165) is 37.1 Å². The van der Waals surface area contributed by atoms with Gasteiger partial charge in [-0.1, -0.05) is 12.5 Å². The molecule has 2 aromatic heterocycles. The van der Waals surface area contributed by atoms with Gasteiger partial charge in [-0.2, -0.15) is 0 Å². The van der Waals surface area contributed by atoms with Crippen LogP contribution in [0, 0.1) is 11.6 Å². The predicted molar refractivity (Wildman–Crippen MR) is 126 cm³/mol. The van der Waals surface area contributed by atoms with Crippen molar-refractivity contribution in [2.24, 2.45) is 0 Å². The fourth-order valence-electron chi connectivity index (χ4n) is 3.95. The molecule has 34 heavy (non-hydrogen) atoms. The Labute approximate surface area is 198 Å². The van der Waals surface area contributed by atoms with Gasteiger partial charge in [0.25, 0.3) is 0 Å². The van der Waals surface area contributed by atoms with E-state index in [1.807, 2.05) is 12.1 Å². The van der Waals surface area contributed by atoms with Gasteiger partial charge >= 0.3 is 0 Å². The number of likely N-dealkylation sites (tertiary alicyclic amines) is 1. The summed E-state index contributed by atoms with van der Waals surface area (Å²) in [5.74, 6) is -0.717. The highest BCUT2D eigenvalue weighted by atomic mass is 19.2. The molecular formula is C25H30F2N6O. The van der Waals surface area contributed by atoms with E-state index in [0.29, 0.717) is 42.4 Å². The van der Waals surface area contributed by atoms with Crippen molar-refractivity contribution in [3.05, 3.63) is 59.6 Å². The lowest BCUT2D eigenvalue weighted by molar-refractivity contribution is -0.131. The molecule has 3 aromatic rings. The van der Waals surface area contributed by atoms with Crippen molar-refractivity contribution in [3.63, 3.8) is 0 Å². The monoisotopic (exact) mass is 468 g/mol. The minimum atomic E-state index is -0.911. The number of halogens is 2. The Balaban J connectivity index is 1.64. The molecule has 3 heterocycles. The standard InChI is InChI=1S/C25H30F2N6O/c1-25(2,3)30-18-9-11-21(28-14-18)24-29-22(16-32-12-6-4-5-7-23(32)34)33(31-24)15-17-8-10-19(26)20(27)13-17/h8-11,13-14,30H,4-7,12,15-16H2,1-3H3. The van der Waals surface area contributed by atoms with Crippen LogP contribution < -0.4 is 5.32 Å². The summed E-state index contributed by atoms with van der Waals surface area (Å²) in [5.41, 5.74) is 1.93. The fourth-order valence-corrected chi connectivity index (χ4v) is 3.95. The molecule has 0 unspecified atom stereocenters. The van der Waals surface area contributed by atoms with Gasteiger partial charge in [0.1, 0.15) is 11.5 Å². The third kappa shape index (κ3) is 5.95. The van der Waals surface area contributed by atoms with Crippen LogP contribution in [-0.2, 0) is 17.9 Å². The summed E-state index contributed by atoms with van der Waals surface area (Å²) >= 11 is 0. The van der Waals surface area contributed by atoms with Crippen LogP contribution in [0.2, 0.25) is 0 Å². The van der Waals surface area contributed by atoms with Gasteiger partial charge in [0, 0.05) is 18.5 Å². The smallest absolute Gasteiger partial charge is 0.222 e. The molecule has 1 saturated heterocycles. The van der Waals surface area contributed by atoms with Crippen molar-refractivity contribution in [2.45, 2.75) is 65.1 Å². The van der Waals surface area contributed by atoms with Gasteiger partial charge < -0.3 is 10.2 Å². The summed E-state index contributed by atoms with van der Waals surface area (Å²) in [6.45, 7) is 7.37. The summed E-state index contributed by atoms with van der Waals surface area (Å²) in [5, 5.41) is 7.98. The number of amides is 1. The molecule has 7 nitrogen and oxygen atoms in total. The van der Waals surface area contributed by atoms with E-state index in [9.17, 15) is 13.6 Å². The number of rotatable bonds is 6. The Bertz CT molecular complexity index is 1150. The van der Waals surface area contributed by atoms with Gasteiger partial charge in [0.05, 0.1) is 25.0 Å². The van der Waals surface area contributed by atoms with Crippen LogP contribution >= 0.6 is 0 Å². The maximum Gasteiger partial charge on any atom is 0.222 e. The number of nitrogens with one attached hydrogen (secondary N) is 1. The second-order valence-electron chi connectivity index (χ2n) is 9.69. The van der Waals surface area contributed by atoms with E-state index < -0.39 is 11.6 Å². The molecule has 0 bridgehead atoms. The van der Waals surface area contributed by atoms with Crippen LogP contribution in [-0.4, -0.2) is 42.6 Å². The van der Waals surface area contributed by atoms with E-state index in [2.05, 4.69) is 41.2 Å². The van der Waals surface area contributed by atoms with Crippen LogP contribution in [0.3, 0.4) is 0 Å². The fraction of sp³-hybridized carbons (Fsp3) is 0.440. The largest absolute Gasteiger partial charge is 0.379 e. The zero-order valence-corrected chi connectivity index (χ0v) is 19.8. The van der Waals surface area contributed by atoms with Crippen LogP contribution in [0.15, 0.2) is 36.5 Å². The minimum absolute atomic E-state index is 0.0946. The molecule has 0 aliphatic carbocycles.